The molecule has 1 unspecified atom stereocenters. The molecule has 106 valence electrons. The molecule has 1 atom stereocenters. The van der Waals surface area contributed by atoms with E-state index in [-0.39, 0.29) is 0 Å². The maximum absolute atomic E-state index is 2.34. The first kappa shape index (κ1) is 15.3. The van der Waals surface area contributed by atoms with Crippen molar-refractivity contribution in [1.29, 1.82) is 0 Å². The van der Waals surface area contributed by atoms with Crippen LogP contribution in [0.3, 0.4) is 0 Å². The van der Waals surface area contributed by atoms with Gasteiger partial charge in [0, 0.05) is 15.4 Å². The summed E-state index contributed by atoms with van der Waals surface area (Å²) >= 11 is 4.33. The summed E-state index contributed by atoms with van der Waals surface area (Å²) in [6.07, 6.45) is 1.31. The molecule has 0 radical (unpaired) electrons. The van der Waals surface area contributed by atoms with Gasteiger partial charge in [-0.05, 0) is 12.0 Å². The predicted octanol–water partition coefficient (Wildman–Crippen LogP) is 5.93. The van der Waals surface area contributed by atoms with Crippen molar-refractivity contribution < 1.29 is 0 Å². The summed E-state index contributed by atoms with van der Waals surface area (Å²) in [6, 6.07) is 11.0. The topological polar surface area (TPSA) is 0 Å². The molecule has 1 aliphatic carbocycles. The van der Waals surface area contributed by atoms with Gasteiger partial charge in [0.05, 0.1) is 4.08 Å². The minimum absolute atomic E-state index is 0.321. The largest absolute Gasteiger partial charge is 0.138 e. The molecule has 0 bridgehead atoms. The molecule has 0 saturated heterocycles. The van der Waals surface area contributed by atoms with E-state index in [4.69, 9.17) is 0 Å². The molecule has 1 aromatic rings. The molecule has 0 heterocycles. The zero-order valence-electron chi connectivity index (χ0n) is 13.0. The minimum atomic E-state index is 0.321. The number of thioether (sulfide) groups is 2. The second-order valence-electron chi connectivity index (χ2n) is 7.41. The van der Waals surface area contributed by atoms with E-state index in [1.807, 2.05) is 0 Å². The summed E-state index contributed by atoms with van der Waals surface area (Å²) in [5.74, 6) is 0.710. The zero-order valence-corrected chi connectivity index (χ0v) is 14.6. The smallest absolute Gasteiger partial charge is 0.0697 e. The minimum Gasteiger partial charge on any atom is -0.138 e. The normalized spacial score (nSPS) is 22.3. The van der Waals surface area contributed by atoms with E-state index in [1.165, 1.54) is 12.0 Å². The molecule has 0 aliphatic heterocycles. The van der Waals surface area contributed by atoms with Crippen LogP contribution in [0, 0.1) is 0 Å². The number of hydrogen-bond acceptors (Lipinski definition) is 2. The second-order valence-corrected chi connectivity index (χ2v) is 12.0. The first-order valence-electron chi connectivity index (χ1n) is 7.07. The van der Waals surface area contributed by atoms with E-state index < -0.39 is 0 Å². The van der Waals surface area contributed by atoms with E-state index in [0.717, 1.165) is 0 Å². The lowest BCUT2D eigenvalue weighted by Crippen LogP contribution is -2.21. The number of rotatable bonds is 3. The Morgan fingerprint density at radius 3 is 1.79 bits per heavy atom. The third kappa shape index (κ3) is 4.19. The summed E-state index contributed by atoms with van der Waals surface area (Å²) in [6.45, 7) is 14.0. The lowest BCUT2D eigenvalue weighted by molar-refractivity contribution is 0.787. The van der Waals surface area contributed by atoms with Crippen LogP contribution in [0.25, 0.3) is 0 Å². The molecule has 0 N–H and O–H groups in total. The average Bonchev–Trinajstić information content (AvgIpc) is 2.87. The van der Waals surface area contributed by atoms with Gasteiger partial charge < -0.3 is 0 Å². The lowest BCUT2D eigenvalue weighted by atomic mass is 10.1. The molecule has 2 heteroatoms. The number of hydrogen-bond donors (Lipinski definition) is 0. The van der Waals surface area contributed by atoms with Crippen LogP contribution in [0.5, 0.6) is 0 Å². The van der Waals surface area contributed by atoms with E-state index in [0.29, 0.717) is 19.5 Å². The molecule has 1 aromatic carbocycles. The fraction of sp³-hybridized carbons (Fsp3) is 0.647. The van der Waals surface area contributed by atoms with E-state index in [2.05, 4.69) is 95.4 Å². The Morgan fingerprint density at radius 1 is 0.895 bits per heavy atom. The SMILES string of the molecule is CC(C)(C)SC1(SC(C)(C)C)CC1c1ccccc1. The Hall–Kier alpha value is -0.0800. The molecule has 1 aliphatic rings. The molecule has 0 nitrogen and oxygen atoms in total. The average molecular weight is 295 g/mol. The van der Waals surface area contributed by atoms with Gasteiger partial charge in [0.15, 0.2) is 0 Å². The lowest BCUT2D eigenvalue weighted by Gasteiger charge is -2.31. The second kappa shape index (κ2) is 5.04. The molecular weight excluding hydrogens is 268 g/mol. The van der Waals surface area contributed by atoms with Gasteiger partial charge in [-0.15, -0.1) is 23.5 Å². The van der Waals surface area contributed by atoms with Gasteiger partial charge in [-0.1, -0.05) is 71.9 Å². The summed E-state index contributed by atoms with van der Waals surface area (Å²) in [7, 11) is 0. The first-order chi connectivity index (χ1) is 8.61. The fourth-order valence-corrected chi connectivity index (χ4v) is 7.36. The van der Waals surface area contributed by atoms with Crippen molar-refractivity contribution in [2.45, 2.75) is 67.5 Å². The Labute approximate surface area is 127 Å². The Balaban J connectivity index is 2.20. The molecule has 1 fully saturated rings. The van der Waals surface area contributed by atoms with Gasteiger partial charge in [-0.25, -0.2) is 0 Å². The highest BCUT2D eigenvalue weighted by molar-refractivity contribution is 8.19. The standard InChI is InChI=1S/C17H26S2/c1-15(2,3)18-17(19-16(4,5)6)12-14(17)13-10-8-7-9-11-13/h7-11,14H,12H2,1-6H3. The van der Waals surface area contributed by atoms with Gasteiger partial charge in [-0.2, -0.15) is 0 Å². The van der Waals surface area contributed by atoms with Gasteiger partial charge in [0.25, 0.3) is 0 Å². The van der Waals surface area contributed by atoms with Crippen molar-refractivity contribution in [2.75, 3.05) is 0 Å². The van der Waals surface area contributed by atoms with Crippen molar-refractivity contribution in [3.05, 3.63) is 35.9 Å². The molecular formula is C17H26S2. The summed E-state index contributed by atoms with van der Waals surface area (Å²) in [5.41, 5.74) is 1.51. The van der Waals surface area contributed by atoms with Gasteiger partial charge in [-0.3, -0.25) is 0 Å². The molecule has 0 aromatic heterocycles. The van der Waals surface area contributed by atoms with Crippen molar-refractivity contribution in [2.24, 2.45) is 0 Å². The third-order valence-electron chi connectivity index (χ3n) is 3.02. The van der Waals surface area contributed by atoms with Gasteiger partial charge >= 0.3 is 0 Å². The van der Waals surface area contributed by atoms with Crippen LogP contribution in [0.15, 0.2) is 30.3 Å². The molecule has 0 spiro atoms. The quantitative estimate of drug-likeness (QED) is 0.633. The summed E-state index contributed by atoms with van der Waals surface area (Å²) < 4.78 is 1.02. The van der Waals surface area contributed by atoms with Crippen LogP contribution in [0.2, 0.25) is 0 Å². The number of benzene rings is 1. The van der Waals surface area contributed by atoms with Crippen molar-refractivity contribution in [3.63, 3.8) is 0 Å². The highest BCUT2D eigenvalue weighted by atomic mass is 32.2. The van der Waals surface area contributed by atoms with E-state index in [1.54, 1.807) is 0 Å². The van der Waals surface area contributed by atoms with Crippen molar-refractivity contribution in [3.8, 4) is 0 Å². The predicted molar refractivity (Wildman–Crippen MR) is 91.2 cm³/mol. The third-order valence-corrected chi connectivity index (χ3v) is 6.34. The van der Waals surface area contributed by atoms with E-state index >= 15 is 0 Å². The molecule has 19 heavy (non-hydrogen) atoms. The van der Waals surface area contributed by atoms with Gasteiger partial charge in [0.1, 0.15) is 0 Å². The maximum Gasteiger partial charge on any atom is 0.0697 e. The van der Waals surface area contributed by atoms with Crippen LogP contribution in [-0.2, 0) is 0 Å². The Kier molecular flexibility index (Phi) is 4.06. The fourth-order valence-electron chi connectivity index (χ4n) is 2.57. The van der Waals surface area contributed by atoms with Gasteiger partial charge in [0.2, 0.25) is 0 Å². The van der Waals surface area contributed by atoms with Crippen LogP contribution in [-0.4, -0.2) is 13.6 Å². The highest BCUT2D eigenvalue weighted by Gasteiger charge is 2.59. The highest BCUT2D eigenvalue weighted by Crippen LogP contribution is 2.71. The van der Waals surface area contributed by atoms with Crippen molar-refractivity contribution in [1.82, 2.24) is 0 Å². The van der Waals surface area contributed by atoms with E-state index in [9.17, 15) is 0 Å². The zero-order chi connectivity index (χ0) is 14.3. The van der Waals surface area contributed by atoms with Crippen LogP contribution < -0.4 is 0 Å². The summed E-state index contributed by atoms with van der Waals surface area (Å²) in [5, 5.41) is 0. The Bertz CT molecular complexity index is 407. The van der Waals surface area contributed by atoms with Crippen LogP contribution in [0.1, 0.15) is 59.4 Å². The monoisotopic (exact) mass is 294 g/mol. The van der Waals surface area contributed by atoms with Crippen molar-refractivity contribution >= 4 is 23.5 Å². The summed E-state index contributed by atoms with van der Waals surface area (Å²) in [4.78, 5) is 0. The van der Waals surface area contributed by atoms with Crippen LogP contribution in [0.4, 0.5) is 0 Å². The first-order valence-corrected chi connectivity index (χ1v) is 8.70. The molecule has 0 amide bonds. The molecule has 2 rings (SSSR count). The molecule has 1 saturated carbocycles. The maximum atomic E-state index is 2.34. The van der Waals surface area contributed by atoms with Crippen LogP contribution >= 0.6 is 23.5 Å². The Morgan fingerprint density at radius 2 is 1.37 bits per heavy atom.